The summed E-state index contributed by atoms with van der Waals surface area (Å²) in [7, 11) is 0. The highest BCUT2D eigenvalue weighted by atomic mass is 16.5. The molecule has 1 fully saturated rings. The second-order valence-corrected chi connectivity index (χ2v) is 6.98. The average Bonchev–Trinajstić information content (AvgIpc) is 2.75. The van der Waals surface area contributed by atoms with Gasteiger partial charge in [0.25, 0.3) is 17.4 Å². The van der Waals surface area contributed by atoms with Crippen LogP contribution in [-0.4, -0.2) is 65.0 Å². The Bertz CT molecular complexity index is 882. The zero-order valence-electron chi connectivity index (χ0n) is 16.0. The summed E-state index contributed by atoms with van der Waals surface area (Å²) in [6.07, 6.45) is 3.40. The third-order valence-electron chi connectivity index (χ3n) is 5.25. The number of hydrogen-bond acceptors (Lipinski definition) is 6. The molecule has 2 amide bonds. The van der Waals surface area contributed by atoms with E-state index < -0.39 is 5.60 Å². The van der Waals surface area contributed by atoms with Gasteiger partial charge in [-0.25, -0.2) is 9.97 Å². The summed E-state index contributed by atoms with van der Waals surface area (Å²) in [6, 6.07) is 9.09. The molecule has 0 radical (unpaired) electrons. The highest BCUT2D eigenvalue weighted by Gasteiger charge is 2.52. The number of amides is 2. The number of para-hydroxylation sites is 2. The number of carbonyl (C=O) groups is 2. The number of piperazine rings is 1. The first-order chi connectivity index (χ1) is 13.5. The number of fused-ring (bicyclic) bond motifs is 1. The molecule has 8 heteroatoms. The smallest absolute Gasteiger partial charge is 0.280 e. The number of rotatable bonds is 3. The number of nitrogens with zero attached hydrogens (tertiary/aromatic N) is 5. The molecule has 2 aliphatic rings. The molecule has 0 saturated carbocycles. The molecule has 1 saturated heterocycles. The van der Waals surface area contributed by atoms with Crippen LogP contribution >= 0.6 is 0 Å². The second kappa shape index (κ2) is 7.10. The van der Waals surface area contributed by atoms with Gasteiger partial charge in [0, 0.05) is 45.1 Å². The van der Waals surface area contributed by atoms with E-state index in [4.69, 9.17) is 4.74 Å². The molecule has 4 rings (SSSR count). The van der Waals surface area contributed by atoms with Crippen molar-refractivity contribution in [2.75, 3.05) is 42.5 Å². The van der Waals surface area contributed by atoms with Crippen LogP contribution < -0.4 is 14.5 Å². The SMILES string of the molecule is CCN1C(=O)C(C)(C(=O)N2CCN(c3ncccn3)CC2)Oc2ccccc21. The van der Waals surface area contributed by atoms with E-state index in [0.29, 0.717) is 50.1 Å². The Hall–Kier alpha value is -3.16. The number of carbonyl (C=O) groups excluding carboxylic acids is 2. The lowest BCUT2D eigenvalue weighted by molar-refractivity contribution is -0.156. The average molecular weight is 381 g/mol. The molecule has 0 N–H and O–H groups in total. The van der Waals surface area contributed by atoms with E-state index in [2.05, 4.69) is 9.97 Å². The summed E-state index contributed by atoms with van der Waals surface area (Å²) >= 11 is 0. The van der Waals surface area contributed by atoms with Crippen LogP contribution in [0.3, 0.4) is 0 Å². The maximum absolute atomic E-state index is 13.3. The summed E-state index contributed by atoms with van der Waals surface area (Å²) in [5.74, 6) is 0.569. The summed E-state index contributed by atoms with van der Waals surface area (Å²) in [4.78, 5) is 40.3. The van der Waals surface area contributed by atoms with Crippen molar-refractivity contribution in [1.29, 1.82) is 0 Å². The van der Waals surface area contributed by atoms with Gasteiger partial charge in [0.05, 0.1) is 5.69 Å². The molecule has 1 aromatic carbocycles. The van der Waals surface area contributed by atoms with Crippen LogP contribution in [0.2, 0.25) is 0 Å². The van der Waals surface area contributed by atoms with Crippen molar-refractivity contribution in [2.24, 2.45) is 0 Å². The maximum Gasteiger partial charge on any atom is 0.280 e. The quantitative estimate of drug-likeness (QED) is 0.747. The van der Waals surface area contributed by atoms with Crippen LogP contribution in [-0.2, 0) is 9.59 Å². The van der Waals surface area contributed by atoms with Gasteiger partial charge in [0.1, 0.15) is 5.75 Å². The van der Waals surface area contributed by atoms with E-state index in [1.54, 1.807) is 41.2 Å². The van der Waals surface area contributed by atoms with Gasteiger partial charge in [-0.05, 0) is 32.0 Å². The summed E-state index contributed by atoms with van der Waals surface area (Å²) < 4.78 is 5.97. The zero-order chi connectivity index (χ0) is 19.7. The van der Waals surface area contributed by atoms with E-state index in [1.807, 2.05) is 30.0 Å². The van der Waals surface area contributed by atoms with Gasteiger partial charge >= 0.3 is 0 Å². The van der Waals surface area contributed by atoms with Crippen LogP contribution in [0.1, 0.15) is 13.8 Å². The molecule has 0 bridgehead atoms. The summed E-state index contributed by atoms with van der Waals surface area (Å²) in [6.45, 7) is 6.12. The minimum Gasteiger partial charge on any atom is -0.465 e. The zero-order valence-corrected chi connectivity index (χ0v) is 16.0. The fraction of sp³-hybridized carbons (Fsp3) is 0.400. The van der Waals surface area contributed by atoms with Crippen molar-refractivity contribution in [3.63, 3.8) is 0 Å². The first-order valence-electron chi connectivity index (χ1n) is 9.46. The number of anilines is 2. The van der Waals surface area contributed by atoms with E-state index in [-0.39, 0.29) is 11.8 Å². The van der Waals surface area contributed by atoms with Crippen molar-refractivity contribution in [1.82, 2.24) is 14.9 Å². The Morgan fingerprint density at radius 3 is 2.46 bits per heavy atom. The Labute approximate surface area is 163 Å². The fourth-order valence-corrected chi connectivity index (χ4v) is 3.71. The predicted molar refractivity (Wildman–Crippen MR) is 104 cm³/mol. The molecule has 1 aromatic heterocycles. The Morgan fingerprint density at radius 1 is 1.11 bits per heavy atom. The van der Waals surface area contributed by atoms with Gasteiger partial charge in [-0.1, -0.05) is 12.1 Å². The van der Waals surface area contributed by atoms with Crippen molar-refractivity contribution >= 4 is 23.5 Å². The highest BCUT2D eigenvalue weighted by molar-refractivity contribution is 6.16. The van der Waals surface area contributed by atoms with Gasteiger partial charge in [0.15, 0.2) is 0 Å². The molecule has 1 atom stereocenters. The molecule has 28 heavy (non-hydrogen) atoms. The van der Waals surface area contributed by atoms with E-state index in [1.165, 1.54) is 0 Å². The third kappa shape index (κ3) is 2.94. The van der Waals surface area contributed by atoms with Crippen LogP contribution in [0.25, 0.3) is 0 Å². The third-order valence-corrected chi connectivity index (χ3v) is 5.25. The Kier molecular flexibility index (Phi) is 4.62. The first-order valence-corrected chi connectivity index (χ1v) is 9.46. The Balaban J connectivity index is 1.52. The minimum absolute atomic E-state index is 0.306. The summed E-state index contributed by atoms with van der Waals surface area (Å²) in [5, 5.41) is 0. The number of hydrogen-bond donors (Lipinski definition) is 0. The summed E-state index contributed by atoms with van der Waals surface area (Å²) in [5.41, 5.74) is -0.859. The lowest BCUT2D eigenvalue weighted by Gasteiger charge is -2.43. The molecule has 3 heterocycles. The lowest BCUT2D eigenvalue weighted by atomic mass is 9.98. The van der Waals surface area contributed by atoms with Crippen LogP contribution in [0.5, 0.6) is 5.75 Å². The van der Waals surface area contributed by atoms with Gasteiger partial charge in [0.2, 0.25) is 5.95 Å². The maximum atomic E-state index is 13.3. The minimum atomic E-state index is -1.56. The standard InChI is InChI=1S/C20H23N5O3/c1-3-25-15-7-4-5-8-16(15)28-20(2,18(25)27)17(26)23-11-13-24(14-12-23)19-21-9-6-10-22-19/h4-10H,3,11-14H2,1-2H3. The molecule has 1 unspecified atom stereocenters. The van der Waals surface area contributed by atoms with Crippen LogP contribution in [0.15, 0.2) is 42.7 Å². The Morgan fingerprint density at radius 2 is 1.79 bits per heavy atom. The number of benzene rings is 1. The van der Waals surface area contributed by atoms with E-state index in [0.717, 1.165) is 0 Å². The van der Waals surface area contributed by atoms with Gasteiger partial charge in [-0.2, -0.15) is 0 Å². The van der Waals surface area contributed by atoms with Gasteiger partial charge in [-0.3, -0.25) is 9.59 Å². The molecular weight excluding hydrogens is 358 g/mol. The van der Waals surface area contributed by atoms with Crippen molar-refractivity contribution in [3.05, 3.63) is 42.7 Å². The monoisotopic (exact) mass is 381 g/mol. The first kappa shape index (κ1) is 18.2. The van der Waals surface area contributed by atoms with Crippen LogP contribution in [0, 0.1) is 0 Å². The molecule has 0 aliphatic carbocycles. The highest BCUT2D eigenvalue weighted by Crippen LogP contribution is 2.38. The van der Waals surface area contributed by atoms with Gasteiger partial charge < -0.3 is 19.4 Å². The number of ether oxygens (including phenoxy) is 1. The lowest BCUT2D eigenvalue weighted by Crippen LogP contribution is -2.64. The predicted octanol–water partition coefficient (Wildman–Crippen LogP) is 1.33. The number of aromatic nitrogens is 2. The second-order valence-electron chi connectivity index (χ2n) is 6.98. The molecule has 2 aliphatic heterocycles. The van der Waals surface area contributed by atoms with Gasteiger partial charge in [-0.15, -0.1) is 0 Å². The van der Waals surface area contributed by atoms with Crippen LogP contribution in [0.4, 0.5) is 11.6 Å². The molecule has 146 valence electrons. The fourth-order valence-electron chi connectivity index (χ4n) is 3.71. The molecular formula is C20H23N5O3. The van der Waals surface area contributed by atoms with Crippen molar-refractivity contribution < 1.29 is 14.3 Å². The van der Waals surface area contributed by atoms with Crippen molar-refractivity contribution in [3.8, 4) is 5.75 Å². The molecule has 8 nitrogen and oxygen atoms in total. The topological polar surface area (TPSA) is 78.9 Å². The van der Waals surface area contributed by atoms with Crippen molar-refractivity contribution in [2.45, 2.75) is 19.4 Å². The van der Waals surface area contributed by atoms with E-state index in [9.17, 15) is 9.59 Å². The largest absolute Gasteiger partial charge is 0.465 e. The molecule has 0 spiro atoms. The van der Waals surface area contributed by atoms with E-state index >= 15 is 0 Å². The normalized spacial score (nSPS) is 21.9. The molecule has 2 aromatic rings. The number of likely N-dealkylation sites (N-methyl/N-ethyl adjacent to an activating group) is 1.